The van der Waals surface area contributed by atoms with Crippen molar-refractivity contribution in [1.29, 1.82) is 0 Å². The van der Waals surface area contributed by atoms with Crippen LogP contribution in [0.1, 0.15) is 56.1 Å². The lowest BCUT2D eigenvalue weighted by molar-refractivity contribution is -0.151. The van der Waals surface area contributed by atoms with Gasteiger partial charge in [0, 0.05) is 12.5 Å². The number of likely N-dealkylation sites (tertiary alicyclic amines) is 1. The lowest BCUT2D eigenvalue weighted by Crippen LogP contribution is -2.53. The van der Waals surface area contributed by atoms with Crippen molar-refractivity contribution in [2.24, 2.45) is 0 Å². The number of nitrogens with one attached hydrogen (secondary N) is 1. The number of amides is 2. The number of carbonyl (C=O) groups excluding carboxylic acids is 2. The molecule has 1 unspecified atom stereocenters. The number of carboxylic acids is 1. The third-order valence-corrected chi connectivity index (χ3v) is 6.66. The summed E-state index contributed by atoms with van der Waals surface area (Å²) in [6, 6.07) is 14.5. The molecule has 1 aliphatic heterocycles. The maximum atomic E-state index is 13.1. The fraction of sp³-hybridized carbons (Fsp3) is 0.423. The molecular weight excluding hydrogens is 420 g/mol. The van der Waals surface area contributed by atoms with E-state index in [2.05, 4.69) is 17.4 Å². The van der Waals surface area contributed by atoms with Crippen molar-refractivity contribution in [3.63, 3.8) is 0 Å². The molecule has 174 valence electrons. The van der Waals surface area contributed by atoms with Crippen LogP contribution < -0.4 is 5.32 Å². The highest BCUT2D eigenvalue weighted by atomic mass is 16.5. The average Bonchev–Trinajstić information content (AvgIpc) is 2.96. The molecule has 33 heavy (non-hydrogen) atoms. The summed E-state index contributed by atoms with van der Waals surface area (Å²) in [5.74, 6) is -1.43. The van der Waals surface area contributed by atoms with E-state index in [1.54, 1.807) is 6.92 Å². The van der Waals surface area contributed by atoms with Crippen molar-refractivity contribution in [3.8, 4) is 11.1 Å². The molecule has 0 saturated carbocycles. The highest BCUT2D eigenvalue weighted by Crippen LogP contribution is 2.44. The number of carboxylic acid groups (broad SMARTS) is 1. The van der Waals surface area contributed by atoms with E-state index < -0.39 is 24.1 Å². The molecule has 2 aromatic rings. The van der Waals surface area contributed by atoms with Gasteiger partial charge >= 0.3 is 12.1 Å². The smallest absolute Gasteiger partial charge is 0.407 e. The van der Waals surface area contributed by atoms with Gasteiger partial charge in [-0.3, -0.25) is 4.79 Å². The molecule has 2 aromatic carbocycles. The monoisotopic (exact) mass is 450 g/mol. The molecule has 7 heteroatoms. The van der Waals surface area contributed by atoms with Gasteiger partial charge in [-0.05, 0) is 41.5 Å². The molecule has 4 rings (SSSR count). The van der Waals surface area contributed by atoms with E-state index in [9.17, 15) is 19.5 Å². The summed E-state index contributed by atoms with van der Waals surface area (Å²) >= 11 is 0. The molecule has 2 N–H and O–H groups in total. The molecule has 1 saturated heterocycles. The fourth-order valence-corrected chi connectivity index (χ4v) is 4.95. The fourth-order valence-electron chi connectivity index (χ4n) is 4.95. The normalized spacial score (nSPS) is 18.6. The van der Waals surface area contributed by atoms with Gasteiger partial charge in [0.25, 0.3) is 0 Å². The first-order chi connectivity index (χ1) is 16.0. The first kappa shape index (κ1) is 22.8. The lowest BCUT2D eigenvalue weighted by atomic mass is 9.98. The first-order valence-electron chi connectivity index (χ1n) is 11.7. The molecule has 7 nitrogen and oxygen atoms in total. The molecule has 0 bridgehead atoms. The third-order valence-electron chi connectivity index (χ3n) is 6.66. The van der Waals surface area contributed by atoms with Gasteiger partial charge in [-0.25, -0.2) is 9.59 Å². The summed E-state index contributed by atoms with van der Waals surface area (Å²) in [4.78, 5) is 38.9. The van der Waals surface area contributed by atoms with Gasteiger partial charge in [0.2, 0.25) is 5.91 Å². The molecule has 2 amide bonds. The molecule has 1 fully saturated rings. The number of ether oxygens (including phenoxy) is 1. The third kappa shape index (κ3) is 4.72. The van der Waals surface area contributed by atoms with Gasteiger partial charge in [0.1, 0.15) is 18.7 Å². The van der Waals surface area contributed by atoms with Crippen molar-refractivity contribution in [1.82, 2.24) is 10.2 Å². The van der Waals surface area contributed by atoms with Gasteiger partial charge in [-0.1, -0.05) is 68.3 Å². The minimum atomic E-state index is -0.999. The van der Waals surface area contributed by atoms with Gasteiger partial charge in [-0.15, -0.1) is 0 Å². The Morgan fingerprint density at radius 2 is 1.67 bits per heavy atom. The number of fused-ring (bicyclic) bond motifs is 3. The number of hydrogen-bond acceptors (Lipinski definition) is 4. The number of carbonyl (C=O) groups is 3. The molecule has 2 aliphatic rings. The number of nitrogens with zero attached hydrogens (tertiary/aromatic N) is 1. The van der Waals surface area contributed by atoms with Crippen LogP contribution in [-0.2, 0) is 14.3 Å². The second kappa shape index (κ2) is 10.1. The van der Waals surface area contributed by atoms with Crippen molar-refractivity contribution in [3.05, 3.63) is 59.7 Å². The maximum Gasteiger partial charge on any atom is 0.407 e. The summed E-state index contributed by atoms with van der Waals surface area (Å²) in [6.45, 7) is 2.34. The van der Waals surface area contributed by atoms with E-state index in [1.165, 1.54) is 4.90 Å². The van der Waals surface area contributed by atoms with Crippen molar-refractivity contribution in [2.45, 2.75) is 57.0 Å². The van der Waals surface area contributed by atoms with Crippen LogP contribution in [0.3, 0.4) is 0 Å². The molecular formula is C26H30N2O5. The number of hydrogen-bond donors (Lipinski definition) is 2. The van der Waals surface area contributed by atoms with Crippen molar-refractivity contribution in [2.75, 3.05) is 13.2 Å². The van der Waals surface area contributed by atoms with E-state index in [1.807, 2.05) is 36.4 Å². The molecule has 0 aromatic heterocycles. The van der Waals surface area contributed by atoms with E-state index >= 15 is 0 Å². The Hall–Kier alpha value is -3.35. The summed E-state index contributed by atoms with van der Waals surface area (Å²) < 4.78 is 5.57. The largest absolute Gasteiger partial charge is 0.480 e. The minimum Gasteiger partial charge on any atom is -0.480 e. The highest BCUT2D eigenvalue weighted by Gasteiger charge is 2.35. The van der Waals surface area contributed by atoms with Gasteiger partial charge in [-0.2, -0.15) is 0 Å². The Kier molecular flexibility index (Phi) is 6.96. The molecule has 0 radical (unpaired) electrons. The quantitative estimate of drug-likeness (QED) is 0.689. The van der Waals surface area contributed by atoms with Crippen LogP contribution in [0.25, 0.3) is 11.1 Å². The summed E-state index contributed by atoms with van der Waals surface area (Å²) in [6.07, 6.45) is 2.55. The van der Waals surface area contributed by atoms with Gasteiger partial charge in [0.15, 0.2) is 0 Å². The van der Waals surface area contributed by atoms with Gasteiger partial charge < -0.3 is 20.1 Å². The second-order valence-electron chi connectivity index (χ2n) is 8.67. The SMILES string of the molecule is CC[C@@H](NC(=O)OCC1c2ccccc2-c2ccccc21)C(=O)N1CCCCCC1C(=O)O. The van der Waals surface area contributed by atoms with Crippen molar-refractivity contribution < 1.29 is 24.2 Å². The molecule has 1 heterocycles. The maximum absolute atomic E-state index is 13.1. The topological polar surface area (TPSA) is 95.9 Å². The van der Waals surface area contributed by atoms with Crippen LogP contribution in [0, 0.1) is 0 Å². The minimum absolute atomic E-state index is 0.0686. The highest BCUT2D eigenvalue weighted by molar-refractivity contribution is 5.89. The zero-order chi connectivity index (χ0) is 23.4. The van der Waals surface area contributed by atoms with Crippen LogP contribution in [-0.4, -0.2) is 53.2 Å². The summed E-state index contributed by atoms with van der Waals surface area (Å²) in [5, 5.41) is 12.2. The Morgan fingerprint density at radius 1 is 1.03 bits per heavy atom. The first-order valence-corrected chi connectivity index (χ1v) is 11.7. The zero-order valence-electron chi connectivity index (χ0n) is 18.8. The van der Waals surface area contributed by atoms with Crippen molar-refractivity contribution >= 4 is 18.0 Å². The van der Waals surface area contributed by atoms with Crippen LogP contribution in [0.5, 0.6) is 0 Å². The summed E-state index contributed by atoms with van der Waals surface area (Å²) in [7, 11) is 0. The predicted molar refractivity (Wildman–Crippen MR) is 124 cm³/mol. The molecule has 1 aliphatic carbocycles. The summed E-state index contributed by atoms with van der Waals surface area (Å²) in [5.41, 5.74) is 4.51. The van der Waals surface area contributed by atoms with Crippen LogP contribution in [0.15, 0.2) is 48.5 Å². The zero-order valence-corrected chi connectivity index (χ0v) is 18.8. The number of aliphatic carboxylic acids is 1. The van der Waals surface area contributed by atoms with Gasteiger partial charge in [0.05, 0.1) is 0 Å². The Labute approximate surface area is 193 Å². The van der Waals surface area contributed by atoms with Crippen LogP contribution >= 0.6 is 0 Å². The Morgan fingerprint density at radius 3 is 2.27 bits per heavy atom. The number of alkyl carbamates (subject to hydrolysis) is 1. The standard InChI is InChI=1S/C26H30N2O5/c1-2-22(24(29)28-15-9-3-4-14-23(28)25(30)31)27-26(32)33-16-21-19-12-7-5-10-17(19)18-11-6-8-13-20(18)21/h5-8,10-13,21-23H,2-4,9,14-16H2,1H3,(H,27,32)(H,30,31)/t22-,23?/m1/s1. The number of rotatable bonds is 6. The Bertz CT molecular complexity index is 991. The van der Waals surface area contributed by atoms with Crippen LogP contribution in [0.4, 0.5) is 4.79 Å². The van der Waals surface area contributed by atoms with E-state index in [4.69, 9.17) is 4.74 Å². The average molecular weight is 451 g/mol. The molecule has 2 atom stereocenters. The second-order valence-corrected chi connectivity index (χ2v) is 8.67. The predicted octanol–water partition coefficient (Wildman–Crippen LogP) is 4.16. The van der Waals surface area contributed by atoms with E-state index in [-0.39, 0.29) is 18.4 Å². The number of benzene rings is 2. The van der Waals surface area contributed by atoms with Crippen LogP contribution in [0.2, 0.25) is 0 Å². The van der Waals surface area contributed by atoms with E-state index in [0.29, 0.717) is 19.4 Å². The Balaban J connectivity index is 1.42. The lowest BCUT2D eigenvalue weighted by Gasteiger charge is -2.30. The molecule has 0 spiro atoms. The van der Waals surface area contributed by atoms with E-state index in [0.717, 1.165) is 41.5 Å².